The second-order valence-corrected chi connectivity index (χ2v) is 1.75. The third kappa shape index (κ3) is 1.32. The van der Waals surface area contributed by atoms with Crippen LogP contribution in [0, 0.1) is 0 Å². The van der Waals surface area contributed by atoms with Gasteiger partial charge in [-0.2, -0.15) is 0 Å². The van der Waals surface area contributed by atoms with Crippen LogP contribution in [0.25, 0.3) is 0 Å². The van der Waals surface area contributed by atoms with Crippen molar-refractivity contribution >= 4 is 23.2 Å². The van der Waals surface area contributed by atoms with Crippen LogP contribution in [0.5, 0.6) is 0 Å². The van der Waals surface area contributed by atoms with Gasteiger partial charge in [0, 0.05) is 0 Å². The molecule has 0 spiro atoms. The Kier molecular flexibility index (Phi) is 1.04. The van der Waals surface area contributed by atoms with Gasteiger partial charge in [-0.3, -0.25) is 0 Å². The summed E-state index contributed by atoms with van der Waals surface area (Å²) in [5, 5.41) is 6.43. The molecule has 1 rings (SSSR count). The summed E-state index contributed by atoms with van der Waals surface area (Å²) in [5.41, 5.74) is 0. The molecule has 0 bridgehead atoms. The number of hydrogen-bond acceptors (Lipinski definition) is 2. The lowest BCUT2D eigenvalue weighted by Crippen LogP contribution is -1.78. The van der Waals surface area contributed by atoms with Crippen LogP contribution in [0.15, 0.2) is 12.1 Å². The van der Waals surface area contributed by atoms with Crippen LogP contribution in [0.2, 0.25) is 10.3 Å². The number of hydrogen-bond donors (Lipinski definition) is 0. The van der Waals surface area contributed by atoms with E-state index in [2.05, 4.69) is 10.2 Å². The van der Waals surface area contributed by atoms with E-state index < -0.39 is 0 Å². The molecule has 0 aromatic carbocycles. The Morgan fingerprint density at radius 2 is 1.62 bits per heavy atom. The van der Waals surface area contributed by atoms with Gasteiger partial charge in [-0.05, 0) is 12.1 Å². The normalized spacial score (nSPS) is 12.8. The molecule has 0 amide bonds. The first-order valence-corrected chi connectivity index (χ1v) is 2.53. The van der Waals surface area contributed by atoms with Crippen LogP contribution in [0.3, 0.4) is 0 Å². The Bertz CT molecular complexity index is 239. The van der Waals surface area contributed by atoms with Gasteiger partial charge in [-0.1, -0.05) is 23.2 Å². The molecule has 1 aromatic heterocycles. The fraction of sp³-hybridized carbons (Fsp3) is 0. The number of aromatic nitrogens is 2. The summed E-state index contributed by atoms with van der Waals surface area (Å²) >= 11 is 10.7. The summed E-state index contributed by atoms with van der Waals surface area (Å²) < 4.78 is 14.2. The molecule has 0 radical (unpaired) electrons. The smallest absolute Gasteiger partial charge is 0.137 e. The van der Waals surface area contributed by atoms with Crippen molar-refractivity contribution in [2.45, 2.75) is 0 Å². The summed E-state index contributed by atoms with van der Waals surface area (Å²) in [6.07, 6.45) is 0. The number of halogens is 2. The Hall–Kier alpha value is -0.340. The molecule has 0 fully saturated rings. The molecule has 0 aliphatic heterocycles. The van der Waals surface area contributed by atoms with Crippen molar-refractivity contribution in [3.8, 4) is 0 Å². The number of rotatable bonds is 0. The SMILES string of the molecule is [2H]c1c(Cl)nnc(Cl)c1[2H]. The first kappa shape index (κ1) is 3.64. The van der Waals surface area contributed by atoms with E-state index in [-0.39, 0.29) is 22.4 Å². The molecule has 0 saturated heterocycles. The second-order valence-electron chi connectivity index (χ2n) is 1.03. The van der Waals surface area contributed by atoms with Gasteiger partial charge in [0.25, 0.3) is 0 Å². The van der Waals surface area contributed by atoms with E-state index in [9.17, 15) is 0 Å². The van der Waals surface area contributed by atoms with Crippen LogP contribution in [0.1, 0.15) is 2.74 Å². The van der Waals surface area contributed by atoms with Gasteiger partial charge in [-0.15, -0.1) is 10.2 Å². The van der Waals surface area contributed by atoms with Gasteiger partial charge in [-0.25, -0.2) is 0 Å². The fourth-order valence-corrected chi connectivity index (χ4v) is 0.411. The summed E-state index contributed by atoms with van der Waals surface area (Å²) in [4.78, 5) is 0. The van der Waals surface area contributed by atoms with E-state index in [1.54, 1.807) is 0 Å². The second kappa shape index (κ2) is 2.29. The van der Waals surface area contributed by atoms with Gasteiger partial charge >= 0.3 is 0 Å². The molecule has 1 aromatic rings. The zero-order valence-corrected chi connectivity index (χ0v) is 5.16. The summed E-state index contributed by atoms with van der Waals surface area (Å²) in [6.45, 7) is 0. The largest absolute Gasteiger partial charge is 0.151 e. The van der Waals surface area contributed by atoms with Gasteiger partial charge in [0.2, 0.25) is 0 Å². The van der Waals surface area contributed by atoms with Crippen molar-refractivity contribution in [2.75, 3.05) is 0 Å². The van der Waals surface area contributed by atoms with E-state index >= 15 is 0 Å². The number of nitrogens with zero attached hydrogens (tertiary/aromatic N) is 2. The lowest BCUT2D eigenvalue weighted by molar-refractivity contribution is 1.03. The summed E-state index contributed by atoms with van der Waals surface area (Å²) in [5.74, 6) is 0. The van der Waals surface area contributed by atoms with Crippen LogP contribution in [-0.4, -0.2) is 10.2 Å². The predicted molar refractivity (Wildman–Crippen MR) is 32.1 cm³/mol. The fourth-order valence-electron chi connectivity index (χ4n) is 0.241. The van der Waals surface area contributed by atoms with E-state index in [1.165, 1.54) is 0 Å². The Labute approximate surface area is 59.3 Å². The van der Waals surface area contributed by atoms with Crippen molar-refractivity contribution in [1.29, 1.82) is 0 Å². The van der Waals surface area contributed by atoms with Crippen molar-refractivity contribution in [2.24, 2.45) is 0 Å². The summed E-state index contributed by atoms with van der Waals surface area (Å²) in [7, 11) is 0. The van der Waals surface area contributed by atoms with Gasteiger partial charge in [0.15, 0.2) is 10.3 Å². The maximum Gasteiger partial charge on any atom is 0.151 e. The monoisotopic (exact) mass is 150 g/mol. The minimum Gasteiger partial charge on any atom is -0.137 e. The average molecular weight is 151 g/mol. The highest BCUT2D eigenvalue weighted by molar-refractivity contribution is 6.31. The Morgan fingerprint density at radius 3 is 2.00 bits per heavy atom. The molecule has 1 heterocycles. The van der Waals surface area contributed by atoms with Crippen molar-refractivity contribution in [3.05, 3.63) is 22.4 Å². The maximum absolute atomic E-state index is 7.08. The van der Waals surface area contributed by atoms with E-state index in [0.717, 1.165) is 0 Å². The third-order valence-electron chi connectivity index (χ3n) is 0.494. The molecule has 4 heteroatoms. The minimum absolute atomic E-state index is 0.102. The molecule has 0 atom stereocenters. The Balaban J connectivity index is 3.34. The molecule has 0 N–H and O–H groups in total. The molecule has 0 aliphatic rings. The molecule has 8 heavy (non-hydrogen) atoms. The topological polar surface area (TPSA) is 25.8 Å². The molecule has 42 valence electrons. The van der Waals surface area contributed by atoms with Gasteiger partial charge in [0.1, 0.15) is 0 Å². The van der Waals surface area contributed by atoms with E-state index in [0.29, 0.717) is 0 Å². The average Bonchev–Trinajstić information content (AvgIpc) is 1.93. The molecular formula is C4H2Cl2N2. The quantitative estimate of drug-likeness (QED) is 0.564. The minimum atomic E-state index is -0.193. The summed E-state index contributed by atoms with van der Waals surface area (Å²) in [6, 6.07) is -0.386. The molecule has 0 saturated carbocycles. The third-order valence-corrected chi connectivity index (χ3v) is 0.835. The van der Waals surface area contributed by atoms with Gasteiger partial charge in [0.05, 0.1) is 2.74 Å². The maximum atomic E-state index is 7.08. The molecule has 0 unspecified atom stereocenters. The highest BCUT2D eigenvalue weighted by Crippen LogP contribution is 2.05. The highest BCUT2D eigenvalue weighted by Gasteiger charge is 1.87. The van der Waals surface area contributed by atoms with Crippen molar-refractivity contribution in [1.82, 2.24) is 10.2 Å². The molecule has 2 nitrogen and oxygen atoms in total. The van der Waals surface area contributed by atoms with Gasteiger partial charge < -0.3 is 0 Å². The lowest BCUT2D eigenvalue weighted by Gasteiger charge is -1.83. The first-order chi connectivity index (χ1) is 4.63. The Morgan fingerprint density at radius 1 is 1.25 bits per heavy atom. The van der Waals surface area contributed by atoms with Crippen LogP contribution in [-0.2, 0) is 0 Å². The van der Waals surface area contributed by atoms with E-state index in [4.69, 9.17) is 25.9 Å². The molecular weight excluding hydrogens is 147 g/mol. The lowest BCUT2D eigenvalue weighted by atomic mass is 10.6. The standard InChI is InChI=1S/C4H2Cl2N2/c5-3-1-2-4(6)8-7-3/h1-2H/i1D,2D. The van der Waals surface area contributed by atoms with E-state index in [1.807, 2.05) is 0 Å². The molecule has 0 aliphatic carbocycles. The van der Waals surface area contributed by atoms with Crippen LogP contribution < -0.4 is 0 Å². The van der Waals surface area contributed by atoms with Crippen LogP contribution >= 0.6 is 23.2 Å². The predicted octanol–water partition coefficient (Wildman–Crippen LogP) is 1.78. The highest BCUT2D eigenvalue weighted by atomic mass is 35.5. The zero-order chi connectivity index (χ0) is 7.72. The van der Waals surface area contributed by atoms with Crippen LogP contribution in [0.4, 0.5) is 0 Å². The first-order valence-electron chi connectivity index (χ1n) is 2.78. The van der Waals surface area contributed by atoms with Crippen molar-refractivity contribution in [3.63, 3.8) is 0 Å². The zero-order valence-electron chi connectivity index (χ0n) is 5.65. The van der Waals surface area contributed by atoms with Crippen molar-refractivity contribution < 1.29 is 2.74 Å².